The molecule has 2 amide bonds. The lowest BCUT2D eigenvalue weighted by molar-refractivity contribution is -0.129. The Labute approximate surface area is 211 Å². The van der Waals surface area contributed by atoms with Crippen molar-refractivity contribution in [2.45, 2.75) is 31.2 Å². The number of aromatic nitrogens is 1. The largest absolute Gasteiger partial charge is 0.451 e. The van der Waals surface area contributed by atoms with E-state index < -0.39 is 24.0 Å². The number of fused-ring (bicyclic) bond motifs is 2. The summed E-state index contributed by atoms with van der Waals surface area (Å²) in [6.07, 6.45) is 2.87. The molecular weight excluding hydrogens is 474 g/mol. The summed E-state index contributed by atoms with van der Waals surface area (Å²) < 4.78 is 5.42. The fourth-order valence-electron chi connectivity index (χ4n) is 5.30. The summed E-state index contributed by atoms with van der Waals surface area (Å²) in [6.45, 7) is -0.469. The van der Waals surface area contributed by atoms with Crippen molar-refractivity contribution in [2.75, 3.05) is 16.8 Å². The maximum absolute atomic E-state index is 13.4. The number of ether oxygens (including phenoxy) is 1. The van der Waals surface area contributed by atoms with Crippen molar-refractivity contribution >= 4 is 51.3 Å². The van der Waals surface area contributed by atoms with Gasteiger partial charge in [-0.05, 0) is 35.7 Å². The average molecular weight is 498 g/mol. The van der Waals surface area contributed by atoms with Gasteiger partial charge in [-0.3, -0.25) is 14.5 Å². The molecule has 0 bridgehead atoms. The lowest BCUT2D eigenvalue weighted by Gasteiger charge is -2.44. The van der Waals surface area contributed by atoms with Crippen LogP contribution in [-0.4, -0.2) is 34.9 Å². The van der Waals surface area contributed by atoms with Gasteiger partial charge in [0.15, 0.2) is 12.3 Å². The van der Waals surface area contributed by atoms with Gasteiger partial charge in [-0.25, -0.2) is 9.78 Å². The van der Waals surface area contributed by atoms with Gasteiger partial charge in [-0.15, -0.1) is 11.3 Å². The van der Waals surface area contributed by atoms with Crippen molar-refractivity contribution in [1.82, 2.24) is 4.98 Å². The van der Waals surface area contributed by atoms with Gasteiger partial charge in [0.05, 0.1) is 11.4 Å². The van der Waals surface area contributed by atoms with Gasteiger partial charge in [0.25, 0.3) is 11.8 Å². The highest BCUT2D eigenvalue weighted by Gasteiger charge is 2.52. The smallest absolute Gasteiger partial charge is 0.358 e. The highest BCUT2D eigenvalue weighted by molar-refractivity contribution is 7.13. The minimum absolute atomic E-state index is 0.156. The predicted molar refractivity (Wildman–Crippen MR) is 139 cm³/mol. The van der Waals surface area contributed by atoms with Crippen LogP contribution in [0.15, 0.2) is 72.1 Å². The van der Waals surface area contributed by atoms with E-state index >= 15 is 0 Å². The highest BCUT2D eigenvalue weighted by Crippen LogP contribution is 2.45. The summed E-state index contributed by atoms with van der Waals surface area (Å²) in [4.78, 5) is 45.4. The van der Waals surface area contributed by atoms with E-state index in [1.54, 1.807) is 16.3 Å². The number of carbonyl (C=O) groups is 3. The van der Waals surface area contributed by atoms with Crippen LogP contribution in [0.2, 0.25) is 0 Å². The van der Waals surface area contributed by atoms with E-state index in [0.29, 0.717) is 29.2 Å². The number of para-hydroxylation sites is 2. The summed E-state index contributed by atoms with van der Waals surface area (Å²) in [5, 5.41) is 7.44. The number of thiazole rings is 1. The van der Waals surface area contributed by atoms with Crippen molar-refractivity contribution in [2.24, 2.45) is 0 Å². The number of hydrogen-bond donors (Lipinski definition) is 1. The van der Waals surface area contributed by atoms with Crippen LogP contribution in [0.3, 0.4) is 0 Å². The van der Waals surface area contributed by atoms with Crippen LogP contribution in [0.4, 0.5) is 11.4 Å². The van der Waals surface area contributed by atoms with E-state index in [0.717, 1.165) is 29.2 Å². The van der Waals surface area contributed by atoms with Crippen LogP contribution in [-0.2, 0) is 14.3 Å². The fourth-order valence-corrected chi connectivity index (χ4v) is 6.13. The summed E-state index contributed by atoms with van der Waals surface area (Å²) in [5.41, 5.74) is 1.36. The third-order valence-corrected chi connectivity index (χ3v) is 7.86. The lowest BCUT2D eigenvalue weighted by atomic mass is 9.90. The maximum Gasteiger partial charge on any atom is 0.358 e. The summed E-state index contributed by atoms with van der Waals surface area (Å²) in [6, 6.07) is 21.2. The van der Waals surface area contributed by atoms with Crippen molar-refractivity contribution in [3.8, 4) is 10.6 Å². The molecule has 1 aromatic heterocycles. The first-order valence-electron chi connectivity index (χ1n) is 11.9. The first-order valence-corrected chi connectivity index (χ1v) is 12.8. The van der Waals surface area contributed by atoms with E-state index in [1.165, 1.54) is 11.3 Å². The molecule has 0 unspecified atom stereocenters. The summed E-state index contributed by atoms with van der Waals surface area (Å²) in [5.74, 6) is -1.27. The zero-order valence-electron chi connectivity index (χ0n) is 19.4. The van der Waals surface area contributed by atoms with Crippen molar-refractivity contribution in [1.29, 1.82) is 0 Å². The van der Waals surface area contributed by atoms with Crippen molar-refractivity contribution in [3.05, 3.63) is 77.8 Å². The monoisotopic (exact) mass is 497 g/mol. The lowest BCUT2D eigenvalue weighted by Crippen LogP contribution is -2.61. The van der Waals surface area contributed by atoms with Crippen LogP contribution in [0, 0.1) is 0 Å². The van der Waals surface area contributed by atoms with Crippen LogP contribution in [0.5, 0.6) is 0 Å². The predicted octanol–water partition coefficient (Wildman–Crippen LogP) is 5.42. The van der Waals surface area contributed by atoms with Crippen LogP contribution >= 0.6 is 11.3 Å². The molecule has 1 aliphatic heterocycles. The number of rotatable bonds is 4. The van der Waals surface area contributed by atoms with Crippen LogP contribution in [0.25, 0.3) is 21.3 Å². The number of hydrogen-bond acceptors (Lipinski definition) is 6. The molecule has 0 radical (unpaired) electrons. The molecule has 1 saturated carbocycles. The van der Waals surface area contributed by atoms with Crippen LogP contribution in [0.1, 0.15) is 36.2 Å². The standard InChI is InChI=1S/C28H23N3O4S/c32-24(31-23-13-4-3-12-21(23)30-27(34)28(31)14-5-6-15-28)16-35-26(33)22-17-36-25(29-22)20-11-7-9-18-8-1-2-10-19(18)20/h1-4,7-13,17H,5-6,14-16H2,(H,30,34). The van der Waals surface area contributed by atoms with Crippen LogP contribution < -0.4 is 10.2 Å². The van der Waals surface area contributed by atoms with Crippen molar-refractivity contribution in [3.63, 3.8) is 0 Å². The van der Waals surface area contributed by atoms with E-state index in [1.807, 2.05) is 60.7 Å². The Morgan fingerprint density at radius 2 is 1.75 bits per heavy atom. The molecule has 7 nitrogen and oxygen atoms in total. The van der Waals surface area contributed by atoms with Gasteiger partial charge in [0.1, 0.15) is 10.5 Å². The Hall–Kier alpha value is -4.04. The van der Waals surface area contributed by atoms with Gasteiger partial charge >= 0.3 is 5.97 Å². The molecule has 6 rings (SSSR count). The molecule has 1 spiro atoms. The first-order chi connectivity index (χ1) is 17.6. The van der Waals surface area contributed by atoms with Gasteiger partial charge in [0.2, 0.25) is 0 Å². The number of anilines is 2. The third-order valence-electron chi connectivity index (χ3n) is 6.98. The molecule has 1 fully saturated rings. The Morgan fingerprint density at radius 1 is 1.00 bits per heavy atom. The van der Waals surface area contributed by atoms with Crippen molar-refractivity contribution < 1.29 is 19.1 Å². The molecule has 2 aliphatic rings. The fraction of sp³-hybridized carbons (Fsp3) is 0.214. The zero-order chi connectivity index (χ0) is 24.7. The van der Waals surface area contributed by atoms with E-state index in [2.05, 4.69) is 10.3 Å². The molecule has 3 aromatic carbocycles. The topological polar surface area (TPSA) is 88.6 Å². The Kier molecular flexibility index (Phi) is 5.53. The Balaban J connectivity index is 1.22. The second-order valence-corrected chi connectivity index (χ2v) is 9.94. The normalized spacial score (nSPS) is 16.1. The minimum atomic E-state index is -0.944. The van der Waals surface area contributed by atoms with Gasteiger partial charge in [0, 0.05) is 10.9 Å². The molecule has 8 heteroatoms. The minimum Gasteiger partial charge on any atom is -0.451 e. The van der Waals surface area contributed by atoms with Gasteiger partial charge < -0.3 is 10.1 Å². The first kappa shape index (κ1) is 22.4. The molecule has 1 N–H and O–H groups in total. The molecule has 180 valence electrons. The molecule has 4 aromatic rings. The third kappa shape index (κ3) is 3.65. The molecule has 0 atom stereocenters. The second kappa shape index (κ2) is 8.87. The number of amides is 2. The van der Waals surface area contributed by atoms with E-state index in [4.69, 9.17) is 4.74 Å². The quantitative estimate of drug-likeness (QED) is 0.381. The average Bonchev–Trinajstić information content (AvgIpc) is 3.59. The Bertz CT molecular complexity index is 1500. The number of benzene rings is 3. The number of nitrogens with one attached hydrogen (secondary N) is 1. The maximum atomic E-state index is 13.4. The molecule has 36 heavy (non-hydrogen) atoms. The van der Waals surface area contributed by atoms with Gasteiger partial charge in [-0.2, -0.15) is 0 Å². The van der Waals surface area contributed by atoms with E-state index in [-0.39, 0.29) is 11.6 Å². The SMILES string of the molecule is O=C(OCC(=O)N1c2ccccc2NC(=O)C12CCCC2)c1csc(-c2cccc3ccccc23)n1. The molecule has 0 saturated heterocycles. The molecular formula is C28H23N3O4S. The van der Waals surface area contributed by atoms with Gasteiger partial charge in [-0.1, -0.05) is 67.4 Å². The summed E-state index contributed by atoms with van der Waals surface area (Å²) >= 11 is 1.35. The highest BCUT2D eigenvalue weighted by atomic mass is 32.1. The number of esters is 1. The molecule has 1 aliphatic carbocycles. The number of carbonyl (C=O) groups excluding carboxylic acids is 3. The number of nitrogens with zero attached hydrogens (tertiary/aromatic N) is 2. The summed E-state index contributed by atoms with van der Waals surface area (Å²) in [7, 11) is 0. The zero-order valence-corrected chi connectivity index (χ0v) is 20.2. The molecule has 2 heterocycles. The second-order valence-electron chi connectivity index (χ2n) is 9.08. The Morgan fingerprint density at radius 3 is 2.61 bits per heavy atom. The van der Waals surface area contributed by atoms with E-state index in [9.17, 15) is 14.4 Å².